The van der Waals surface area contributed by atoms with Crippen molar-refractivity contribution in [3.8, 4) is 0 Å². The third-order valence-electron chi connectivity index (χ3n) is 3.59. The minimum Gasteiger partial charge on any atom is -0.282 e. The molecule has 0 bridgehead atoms. The Kier molecular flexibility index (Phi) is 4.13. The molecule has 6 heteroatoms. The van der Waals surface area contributed by atoms with Crippen LogP contribution in [0.15, 0.2) is 30.3 Å². The Morgan fingerprint density at radius 3 is 2.18 bits per heavy atom. The molecule has 0 aliphatic rings. The Labute approximate surface area is 125 Å². The van der Waals surface area contributed by atoms with Gasteiger partial charge in [0.15, 0.2) is 5.83 Å². The fourth-order valence-corrected chi connectivity index (χ4v) is 1.92. The Morgan fingerprint density at radius 1 is 1.14 bits per heavy atom. The molecule has 0 aliphatic heterocycles. The highest BCUT2D eigenvalue weighted by atomic mass is 19.4. The molecule has 0 saturated heterocycles. The van der Waals surface area contributed by atoms with E-state index in [0.29, 0.717) is 5.56 Å². The number of aromatic nitrogens is 2. The second-order valence-electron chi connectivity index (χ2n) is 5.67. The van der Waals surface area contributed by atoms with Gasteiger partial charge in [-0.05, 0) is 44.0 Å². The molecule has 0 unspecified atom stereocenters. The van der Waals surface area contributed by atoms with E-state index in [1.54, 1.807) is 13.0 Å². The lowest BCUT2D eigenvalue weighted by molar-refractivity contribution is -0.180. The molecule has 0 aliphatic carbocycles. The first kappa shape index (κ1) is 16.3. The van der Waals surface area contributed by atoms with Gasteiger partial charge < -0.3 is 0 Å². The normalized spacial score (nSPS) is 13.5. The molecule has 2 aromatic rings. The summed E-state index contributed by atoms with van der Waals surface area (Å²) < 4.78 is 52.9. The van der Waals surface area contributed by atoms with Crippen LogP contribution in [0.25, 0.3) is 11.9 Å². The average Bonchev–Trinajstić information content (AvgIpc) is 2.85. The zero-order valence-corrected chi connectivity index (χ0v) is 12.4. The van der Waals surface area contributed by atoms with Gasteiger partial charge in [-0.25, -0.2) is 4.39 Å². The first-order valence-electron chi connectivity index (χ1n) is 6.68. The summed E-state index contributed by atoms with van der Waals surface area (Å²) in [6, 6.07) is 7.20. The molecule has 0 saturated carbocycles. The maximum Gasteiger partial charge on any atom is 0.397 e. The summed E-state index contributed by atoms with van der Waals surface area (Å²) in [6.07, 6.45) is -3.11. The number of halogens is 4. The van der Waals surface area contributed by atoms with E-state index in [-0.39, 0.29) is 11.3 Å². The maximum atomic E-state index is 14.0. The van der Waals surface area contributed by atoms with Crippen molar-refractivity contribution in [2.24, 2.45) is 0 Å². The monoisotopic (exact) mass is 312 g/mol. The van der Waals surface area contributed by atoms with Crippen molar-refractivity contribution in [1.82, 2.24) is 10.2 Å². The van der Waals surface area contributed by atoms with Crippen molar-refractivity contribution in [2.75, 3.05) is 0 Å². The largest absolute Gasteiger partial charge is 0.397 e. The van der Waals surface area contributed by atoms with Gasteiger partial charge >= 0.3 is 6.18 Å². The number of H-pyrrole nitrogens is 1. The number of hydrogen-bond acceptors (Lipinski definition) is 1. The SMILES string of the molecule is Cc1cc(/C(F)=C/c2ccc(C(C)(C)C(F)(F)F)cc2)n[nH]1. The summed E-state index contributed by atoms with van der Waals surface area (Å²) in [4.78, 5) is 0. The van der Waals surface area contributed by atoms with Crippen LogP contribution >= 0.6 is 0 Å². The highest BCUT2D eigenvalue weighted by Gasteiger charge is 2.48. The summed E-state index contributed by atoms with van der Waals surface area (Å²) >= 11 is 0. The predicted octanol–water partition coefficient (Wildman–Crippen LogP) is 5.03. The van der Waals surface area contributed by atoms with E-state index in [2.05, 4.69) is 10.2 Å². The van der Waals surface area contributed by atoms with E-state index >= 15 is 0 Å². The molecular weight excluding hydrogens is 296 g/mol. The Balaban J connectivity index is 2.26. The van der Waals surface area contributed by atoms with Crippen LogP contribution in [0.2, 0.25) is 0 Å². The van der Waals surface area contributed by atoms with Crippen LogP contribution in [-0.4, -0.2) is 16.4 Å². The Bertz CT molecular complexity index is 679. The molecule has 1 N–H and O–H groups in total. The highest BCUT2D eigenvalue weighted by molar-refractivity contribution is 5.75. The molecule has 2 rings (SSSR count). The number of hydrogen-bond donors (Lipinski definition) is 1. The van der Waals surface area contributed by atoms with E-state index in [0.717, 1.165) is 19.5 Å². The zero-order chi connectivity index (χ0) is 16.5. The molecule has 0 spiro atoms. The zero-order valence-electron chi connectivity index (χ0n) is 12.4. The number of aryl methyl sites for hydroxylation is 1. The van der Waals surface area contributed by atoms with Gasteiger partial charge in [0.05, 0.1) is 5.41 Å². The van der Waals surface area contributed by atoms with Crippen LogP contribution in [0.4, 0.5) is 17.6 Å². The molecule has 0 amide bonds. The van der Waals surface area contributed by atoms with Crippen LogP contribution in [-0.2, 0) is 5.41 Å². The van der Waals surface area contributed by atoms with E-state index in [1.807, 2.05) is 0 Å². The Morgan fingerprint density at radius 2 is 1.73 bits per heavy atom. The summed E-state index contributed by atoms with van der Waals surface area (Å²) in [5, 5.41) is 6.41. The van der Waals surface area contributed by atoms with Gasteiger partial charge in [0.1, 0.15) is 5.69 Å². The molecule has 1 aromatic heterocycles. The number of alkyl halides is 3. The molecule has 22 heavy (non-hydrogen) atoms. The molecule has 1 heterocycles. The van der Waals surface area contributed by atoms with Gasteiger partial charge in [-0.15, -0.1) is 0 Å². The first-order valence-corrected chi connectivity index (χ1v) is 6.68. The van der Waals surface area contributed by atoms with Gasteiger partial charge in [0.25, 0.3) is 0 Å². The van der Waals surface area contributed by atoms with Crippen molar-refractivity contribution in [1.29, 1.82) is 0 Å². The molecule has 0 atom stereocenters. The topological polar surface area (TPSA) is 28.7 Å². The van der Waals surface area contributed by atoms with Crippen LogP contribution in [0.5, 0.6) is 0 Å². The van der Waals surface area contributed by atoms with Gasteiger partial charge in [-0.3, -0.25) is 5.10 Å². The predicted molar refractivity (Wildman–Crippen MR) is 77.8 cm³/mol. The lowest BCUT2D eigenvalue weighted by Crippen LogP contribution is -2.36. The summed E-state index contributed by atoms with van der Waals surface area (Å²) in [5.41, 5.74) is -0.460. The number of aromatic amines is 1. The number of benzene rings is 1. The molecule has 2 nitrogen and oxygen atoms in total. The second kappa shape index (κ2) is 5.59. The van der Waals surface area contributed by atoms with Gasteiger partial charge in [-0.2, -0.15) is 18.3 Å². The maximum absolute atomic E-state index is 14.0. The fourth-order valence-electron chi connectivity index (χ4n) is 1.92. The molecule has 0 radical (unpaired) electrons. The standard InChI is InChI=1S/C16H16F4N2/c1-10-8-14(22-21-10)13(17)9-11-4-6-12(7-5-11)15(2,3)16(18,19)20/h4-9H,1-3H3,(H,21,22)/b13-9-. The lowest BCUT2D eigenvalue weighted by atomic mass is 9.83. The van der Waals surface area contributed by atoms with Crippen molar-refractivity contribution in [3.05, 3.63) is 52.8 Å². The van der Waals surface area contributed by atoms with E-state index in [4.69, 9.17) is 0 Å². The van der Waals surface area contributed by atoms with E-state index in [1.165, 1.54) is 30.3 Å². The molecule has 0 fully saturated rings. The molecular formula is C16H16F4N2. The van der Waals surface area contributed by atoms with Crippen molar-refractivity contribution >= 4 is 11.9 Å². The van der Waals surface area contributed by atoms with E-state index < -0.39 is 17.4 Å². The quantitative estimate of drug-likeness (QED) is 0.792. The van der Waals surface area contributed by atoms with Gasteiger partial charge in [0, 0.05) is 5.69 Å². The molecule has 1 aromatic carbocycles. The smallest absolute Gasteiger partial charge is 0.282 e. The van der Waals surface area contributed by atoms with Crippen LogP contribution < -0.4 is 0 Å². The van der Waals surface area contributed by atoms with Gasteiger partial charge in [-0.1, -0.05) is 24.3 Å². The number of nitrogens with zero attached hydrogens (tertiary/aromatic N) is 1. The summed E-state index contributed by atoms with van der Waals surface area (Å²) in [7, 11) is 0. The minimum absolute atomic E-state index is 0.133. The van der Waals surface area contributed by atoms with E-state index in [9.17, 15) is 17.6 Å². The van der Waals surface area contributed by atoms with Crippen LogP contribution in [0, 0.1) is 6.92 Å². The van der Waals surface area contributed by atoms with Crippen molar-refractivity contribution in [2.45, 2.75) is 32.4 Å². The highest BCUT2D eigenvalue weighted by Crippen LogP contribution is 2.40. The first-order chi connectivity index (χ1) is 10.1. The molecule has 118 valence electrons. The fraction of sp³-hybridized carbons (Fsp3) is 0.312. The minimum atomic E-state index is -4.35. The van der Waals surface area contributed by atoms with Crippen LogP contribution in [0.3, 0.4) is 0 Å². The average molecular weight is 312 g/mol. The lowest BCUT2D eigenvalue weighted by Gasteiger charge is -2.28. The van der Waals surface area contributed by atoms with Crippen molar-refractivity contribution in [3.63, 3.8) is 0 Å². The third-order valence-corrected chi connectivity index (χ3v) is 3.59. The summed E-state index contributed by atoms with van der Waals surface area (Å²) in [6.45, 7) is 3.98. The van der Waals surface area contributed by atoms with Crippen molar-refractivity contribution < 1.29 is 17.6 Å². The third kappa shape index (κ3) is 3.21. The summed E-state index contributed by atoms with van der Waals surface area (Å²) in [5.74, 6) is -0.549. The number of nitrogens with one attached hydrogen (secondary N) is 1. The Hall–Kier alpha value is -2.11. The number of rotatable bonds is 3. The van der Waals surface area contributed by atoms with Gasteiger partial charge in [0.2, 0.25) is 0 Å². The van der Waals surface area contributed by atoms with Crippen LogP contribution in [0.1, 0.15) is 36.4 Å². The second-order valence-corrected chi connectivity index (χ2v) is 5.67.